The summed E-state index contributed by atoms with van der Waals surface area (Å²) in [6.45, 7) is 1.58. The zero-order valence-corrected chi connectivity index (χ0v) is 8.34. The Morgan fingerprint density at radius 3 is 2.43 bits per heavy atom. The maximum Gasteiger partial charge on any atom is 0.339 e. The second-order valence-corrected chi connectivity index (χ2v) is 3.29. The van der Waals surface area contributed by atoms with Gasteiger partial charge in [-0.25, -0.2) is 9.18 Å². The molecule has 0 aliphatic rings. The van der Waals surface area contributed by atoms with Gasteiger partial charge >= 0.3 is 5.97 Å². The number of rotatable bonds is 2. The van der Waals surface area contributed by atoms with Gasteiger partial charge in [0.1, 0.15) is 5.56 Å². The molecule has 0 aromatic heterocycles. The molecule has 14 heavy (non-hydrogen) atoms. The highest BCUT2D eigenvalue weighted by molar-refractivity contribution is 5.91. The van der Waals surface area contributed by atoms with E-state index in [1.54, 1.807) is 38.1 Å². The van der Waals surface area contributed by atoms with Crippen LogP contribution in [0.5, 0.6) is 0 Å². The Hall–Kier alpha value is -1.58. The average molecular weight is 197 g/mol. The minimum atomic E-state index is -1.23. The van der Waals surface area contributed by atoms with E-state index in [2.05, 4.69) is 0 Å². The van der Waals surface area contributed by atoms with Crippen LogP contribution in [0.15, 0.2) is 12.1 Å². The third-order valence-corrected chi connectivity index (χ3v) is 2.03. The van der Waals surface area contributed by atoms with Crippen LogP contribution in [0.25, 0.3) is 0 Å². The van der Waals surface area contributed by atoms with Crippen molar-refractivity contribution in [2.75, 3.05) is 19.0 Å². The van der Waals surface area contributed by atoms with Gasteiger partial charge in [0.05, 0.1) is 5.69 Å². The Morgan fingerprint density at radius 2 is 2.00 bits per heavy atom. The summed E-state index contributed by atoms with van der Waals surface area (Å²) in [6, 6.07) is 3.17. The quantitative estimate of drug-likeness (QED) is 0.787. The lowest BCUT2D eigenvalue weighted by molar-refractivity contribution is 0.0691. The van der Waals surface area contributed by atoms with Crippen LogP contribution in [-0.2, 0) is 0 Å². The molecule has 0 unspecified atom stereocenters. The lowest BCUT2D eigenvalue weighted by Gasteiger charge is -2.15. The second-order valence-electron chi connectivity index (χ2n) is 3.29. The Balaban J connectivity index is 3.41. The standard InChI is InChI=1S/C10H12FNO2/c1-6-4-5-7(12(2)3)9(11)8(6)10(13)14/h4-5H,1-3H3,(H,13,14). The van der Waals surface area contributed by atoms with E-state index in [1.807, 2.05) is 0 Å². The molecule has 0 spiro atoms. The van der Waals surface area contributed by atoms with Crippen molar-refractivity contribution < 1.29 is 14.3 Å². The van der Waals surface area contributed by atoms with Crippen LogP contribution in [0.3, 0.4) is 0 Å². The first-order chi connectivity index (χ1) is 6.45. The van der Waals surface area contributed by atoms with E-state index in [9.17, 15) is 9.18 Å². The van der Waals surface area contributed by atoms with E-state index >= 15 is 0 Å². The molecule has 0 atom stereocenters. The number of nitrogens with zero attached hydrogens (tertiary/aromatic N) is 1. The molecule has 1 N–H and O–H groups in total. The number of halogens is 1. The lowest BCUT2D eigenvalue weighted by atomic mass is 10.1. The summed E-state index contributed by atoms with van der Waals surface area (Å²) in [7, 11) is 3.33. The Kier molecular flexibility index (Phi) is 2.74. The van der Waals surface area contributed by atoms with Crippen LogP contribution < -0.4 is 4.90 Å². The number of aryl methyl sites for hydroxylation is 1. The Morgan fingerprint density at radius 1 is 1.43 bits per heavy atom. The summed E-state index contributed by atoms with van der Waals surface area (Å²) in [5.74, 6) is -1.91. The lowest BCUT2D eigenvalue weighted by Crippen LogP contribution is -2.14. The fourth-order valence-corrected chi connectivity index (χ4v) is 1.27. The number of anilines is 1. The first-order valence-corrected chi connectivity index (χ1v) is 4.15. The van der Waals surface area contributed by atoms with Gasteiger partial charge in [0.2, 0.25) is 0 Å². The third kappa shape index (κ3) is 1.69. The predicted molar refractivity (Wildman–Crippen MR) is 52.4 cm³/mol. The number of aromatic carboxylic acids is 1. The van der Waals surface area contributed by atoms with Crippen LogP contribution >= 0.6 is 0 Å². The molecule has 0 radical (unpaired) electrons. The summed E-state index contributed by atoms with van der Waals surface area (Å²) in [5.41, 5.74) is 0.463. The van der Waals surface area contributed by atoms with Gasteiger partial charge in [0, 0.05) is 14.1 Å². The minimum Gasteiger partial charge on any atom is -0.478 e. The predicted octanol–water partition coefficient (Wildman–Crippen LogP) is 1.90. The van der Waals surface area contributed by atoms with E-state index in [0.29, 0.717) is 5.56 Å². The summed E-state index contributed by atoms with van der Waals surface area (Å²) < 4.78 is 13.6. The van der Waals surface area contributed by atoms with Gasteiger partial charge in [0.25, 0.3) is 0 Å². The van der Waals surface area contributed by atoms with Gasteiger partial charge in [-0.2, -0.15) is 0 Å². The highest BCUT2D eigenvalue weighted by atomic mass is 19.1. The normalized spacial score (nSPS) is 10.0. The maximum atomic E-state index is 13.6. The fourth-order valence-electron chi connectivity index (χ4n) is 1.27. The second kappa shape index (κ2) is 3.65. The van der Waals surface area contributed by atoms with E-state index < -0.39 is 11.8 Å². The number of hydrogen-bond donors (Lipinski definition) is 1. The van der Waals surface area contributed by atoms with Crippen molar-refractivity contribution in [3.63, 3.8) is 0 Å². The molecule has 0 aliphatic heterocycles. The van der Waals surface area contributed by atoms with E-state index in [0.717, 1.165) is 0 Å². The number of benzene rings is 1. The summed E-state index contributed by atoms with van der Waals surface area (Å²) in [4.78, 5) is 12.3. The van der Waals surface area contributed by atoms with E-state index in [-0.39, 0.29) is 11.3 Å². The van der Waals surface area contributed by atoms with Crippen molar-refractivity contribution >= 4 is 11.7 Å². The van der Waals surface area contributed by atoms with Crippen molar-refractivity contribution in [2.45, 2.75) is 6.92 Å². The molecule has 0 aliphatic carbocycles. The molecule has 0 bridgehead atoms. The molecule has 76 valence electrons. The molecule has 1 aromatic carbocycles. The molecule has 1 rings (SSSR count). The van der Waals surface area contributed by atoms with Crippen molar-refractivity contribution in [2.24, 2.45) is 0 Å². The highest BCUT2D eigenvalue weighted by Gasteiger charge is 2.17. The number of carboxylic acid groups (broad SMARTS) is 1. The first-order valence-electron chi connectivity index (χ1n) is 4.15. The Bertz CT molecular complexity index is 375. The third-order valence-electron chi connectivity index (χ3n) is 2.03. The molecule has 0 amide bonds. The summed E-state index contributed by atoms with van der Waals surface area (Å²) in [5, 5.41) is 8.79. The van der Waals surface area contributed by atoms with Crippen LogP contribution in [0.4, 0.5) is 10.1 Å². The van der Waals surface area contributed by atoms with Crippen LogP contribution in [0, 0.1) is 12.7 Å². The van der Waals surface area contributed by atoms with Crippen LogP contribution in [0.2, 0.25) is 0 Å². The van der Waals surface area contributed by atoms with Gasteiger partial charge in [-0.1, -0.05) is 6.07 Å². The molecule has 0 saturated heterocycles. The Labute approximate surface area is 81.8 Å². The number of hydrogen-bond acceptors (Lipinski definition) is 2. The highest BCUT2D eigenvalue weighted by Crippen LogP contribution is 2.23. The molecule has 4 heteroatoms. The molecule has 1 aromatic rings. The fraction of sp³-hybridized carbons (Fsp3) is 0.300. The maximum absolute atomic E-state index is 13.6. The molecule has 0 heterocycles. The largest absolute Gasteiger partial charge is 0.478 e. The van der Waals surface area contributed by atoms with Gasteiger partial charge in [0.15, 0.2) is 5.82 Å². The first kappa shape index (κ1) is 10.5. The molecule has 0 fully saturated rings. The summed E-state index contributed by atoms with van der Waals surface area (Å²) >= 11 is 0. The van der Waals surface area contributed by atoms with Gasteiger partial charge in [-0.05, 0) is 18.6 Å². The summed E-state index contributed by atoms with van der Waals surface area (Å²) in [6.07, 6.45) is 0. The monoisotopic (exact) mass is 197 g/mol. The van der Waals surface area contributed by atoms with Crippen LogP contribution in [-0.4, -0.2) is 25.2 Å². The molecule has 3 nitrogen and oxygen atoms in total. The number of carboxylic acids is 1. The van der Waals surface area contributed by atoms with E-state index in [1.165, 1.54) is 0 Å². The average Bonchev–Trinajstić information content (AvgIpc) is 2.02. The topological polar surface area (TPSA) is 40.5 Å². The van der Waals surface area contributed by atoms with Crippen molar-refractivity contribution in [3.05, 3.63) is 29.1 Å². The minimum absolute atomic E-state index is 0.254. The van der Waals surface area contributed by atoms with Crippen molar-refractivity contribution in [3.8, 4) is 0 Å². The zero-order chi connectivity index (χ0) is 10.9. The van der Waals surface area contributed by atoms with Gasteiger partial charge in [-0.3, -0.25) is 0 Å². The van der Waals surface area contributed by atoms with Crippen molar-refractivity contribution in [1.82, 2.24) is 0 Å². The van der Waals surface area contributed by atoms with Crippen molar-refractivity contribution in [1.29, 1.82) is 0 Å². The molecule has 0 saturated carbocycles. The molecular weight excluding hydrogens is 185 g/mol. The van der Waals surface area contributed by atoms with Gasteiger partial charge in [-0.15, -0.1) is 0 Å². The SMILES string of the molecule is Cc1ccc(N(C)C)c(F)c1C(=O)O. The van der Waals surface area contributed by atoms with Gasteiger partial charge < -0.3 is 10.0 Å². The smallest absolute Gasteiger partial charge is 0.339 e. The zero-order valence-electron chi connectivity index (χ0n) is 8.34. The number of carbonyl (C=O) groups is 1. The van der Waals surface area contributed by atoms with E-state index in [4.69, 9.17) is 5.11 Å². The van der Waals surface area contributed by atoms with Crippen LogP contribution in [0.1, 0.15) is 15.9 Å². The molecular formula is C10H12FNO2.